The Morgan fingerprint density at radius 3 is 2.38 bits per heavy atom. The molecule has 1 saturated carbocycles. The molecule has 2 rings (SSSR count). The van der Waals surface area contributed by atoms with Gasteiger partial charge in [-0.1, -0.05) is 51.5 Å². The van der Waals surface area contributed by atoms with Crippen molar-refractivity contribution in [3.8, 4) is 0 Å². The van der Waals surface area contributed by atoms with Gasteiger partial charge in [0.15, 0.2) is 0 Å². The molecule has 1 aromatic rings. The van der Waals surface area contributed by atoms with Crippen LogP contribution in [0.25, 0.3) is 0 Å². The lowest BCUT2D eigenvalue weighted by atomic mass is 9.69. The van der Waals surface area contributed by atoms with Crippen LogP contribution >= 0.6 is 0 Å². The third-order valence-electron chi connectivity index (χ3n) is 4.26. The summed E-state index contributed by atoms with van der Waals surface area (Å²) in [5.41, 5.74) is 3.16. The van der Waals surface area contributed by atoms with Crippen LogP contribution in [0.2, 0.25) is 0 Å². The van der Waals surface area contributed by atoms with E-state index in [1.54, 1.807) is 11.1 Å². The Hall–Kier alpha value is -0.780. The van der Waals surface area contributed by atoms with Crippen LogP contribution in [-0.2, 0) is 6.42 Å². The monoisotopic (exact) mass is 216 g/mol. The van der Waals surface area contributed by atoms with Gasteiger partial charge in [-0.25, -0.2) is 0 Å². The minimum Gasteiger partial charge on any atom is -0.0651 e. The first kappa shape index (κ1) is 11.7. The highest BCUT2D eigenvalue weighted by atomic mass is 14.3. The summed E-state index contributed by atoms with van der Waals surface area (Å²) in [6.45, 7) is 6.94. The first-order chi connectivity index (χ1) is 7.72. The van der Waals surface area contributed by atoms with Crippen molar-refractivity contribution in [1.29, 1.82) is 0 Å². The molecule has 0 spiro atoms. The van der Waals surface area contributed by atoms with Crippen LogP contribution in [0.15, 0.2) is 24.3 Å². The SMILES string of the molecule is CCC1CCC1Cc1ccccc1C(C)C. The molecule has 1 aliphatic carbocycles. The quantitative estimate of drug-likeness (QED) is 0.679. The van der Waals surface area contributed by atoms with Crippen LogP contribution in [-0.4, -0.2) is 0 Å². The van der Waals surface area contributed by atoms with Crippen molar-refractivity contribution in [3.63, 3.8) is 0 Å². The Labute approximate surface area is 100 Å². The maximum Gasteiger partial charge on any atom is -0.0216 e. The molecule has 16 heavy (non-hydrogen) atoms. The van der Waals surface area contributed by atoms with Gasteiger partial charge in [-0.3, -0.25) is 0 Å². The van der Waals surface area contributed by atoms with E-state index in [0.717, 1.165) is 11.8 Å². The molecule has 1 fully saturated rings. The van der Waals surface area contributed by atoms with Crippen LogP contribution in [0.1, 0.15) is 57.1 Å². The standard InChI is InChI=1S/C16H24/c1-4-13-9-10-14(13)11-15-7-5-6-8-16(15)12(2)3/h5-8,12-14H,4,9-11H2,1-3H3. The van der Waals surface area contributed by atoms with Crippen LogP contribution in [0.5, 0.6) is 0 Å². The summed E-state index contributed by atoms with van der Waals surface area (Å²) in [5.74, 6) is 2.63. The zero-order valence-corrected chi connectivity index (χ0v) is 10.9. The van der Waals surface area contributed by atoms with Gasteiger partial charge >= 0.3 is 0 Å². The van der Waals surface area contributed by atoms with Crippen LogP contribution in [0, 0.1) is 11.8 Å². The molecule has 2 atom stereocenters. The van der Waals surface area contributed by atoms with Gasteiger partial charge in [-0.15, -0.1) is 0 Å². The van der Waals surface area contributed by atoms with Crippen molar-refractivity contribution >= 4 is 0 Å². The lowest BCUT2D eigenvalue weighted by molar-refractivity contribution is 0.169. The fourth-order valence-corrected chi connectivity index (χ4v) is 3.01. The molecule has 1 aromatic carbocycles. The number of hydrogen-bond donors (Lipinski definition) is 0. The second kappa shape index (κ2) is 5.03. The maximum absolute atomic E-state index is 2.34. The van der Waals surface area contributed by atoms with Crippen LogP contribution in [0.4, 0.5) is 0 Å². The molecule has 0 aromatic heterocycles. The second-order valence-electron chi connectivity index (χ2n) is 5.56. The third-order valence-corrected chi connectivity index (χ3v) is 4.26. The van der Waals surface area contributed by atoms with Gasteiger partial charge in [0, 0.05) is 0 Å². The zero-order chi connectivity index (χ0) is 11.5. The van der Waals surface area contributed by atoms with Gasteiger partial charge in [0.25, 0.3) is 0 Å². The van der Waals surface area contributed by atoms with Crippen molar-refractivity contribution in [2.45, 2.75) is 52.4 Å². The maximum atomic E-state index is 2.34. The summed E-state index contributed by atoms with van der Waals surface area (Å²) in [5, 5.41) is 0. The molecule has 0 N–H and O–H groups in total. The fourth-order valence-electron chi connectivity index (χ4n) is 3.01. The Balaban J connectivity index is 2.09. The van der Waals surface area contributed by atoms with Crippen LogP contribution < -0.4 is 0 Å². The number of hydrogen-bond acceptors (Lipinski definition) is 0. The summed E-state index contributed by atoms with van der Waals surface area (Å²) in [4.78, 5) is 0. The van der Waals surface area contributed by atoms with Crippen molar-refractivity contribution in [3.05, 3.63) is 35.4 Å². The van der Waals surface area contributed by atoms with E-state index in [0.29, 0.717) is 5.92 Å². The largest absolute Gasteiger partial charge is 0.0651 e. The Bertz CT molecular complexity index is 336. The minimum atomic E-state index is 0.663. The molecule has 0 nitrogen and oxygen atoms in total. The van der Waals surface area contributed by atoms with Gasteiger partial charge in [0.1, 0.15) is 0 Å². The molecule has 0 radical (unpaired) electrons. The van der Waals surface area contributed by atoms with E-state index < -0.39 is 0 Å². The first-order valence-corrected chi connectivity index (χ1v) is 6.80. The Kier molecular flexibility index (Phi) is 3.68. The molecule has 0 amide bonds. The minimum absolute atomic E-state index is 0.663. The third kappa shape index (κ3) is 2.31. The molecule has 2 unspecified atom stereocenters. The lowest BCUT2D eigenvalue weighted by Gasteiger charge is -2.36. The second-order valence-corrected chi connectivity index (χ2v) is 5.56. The average molecular weight is 216 g/mol. The predicted molar refractivity (Wildman–Crippen MR) is 70.7 cm³/mol. The van der Waals surface area contributed by atoms with Crippen molar-refractivity contribution in [2.75, 3.05) is 0 Å². The lowest BCUT2D eigenvalue weighted by Crippen LogP contribution is -2.27. The van der Waals surface area contributed by atoms with E-state index in [2.05, 4.69) is 45.0 Å². The highest BCUT2D eigenvalue weighted by molar-refractivity contribution is 5.30. The molecule has 0 bridgehead atoms. The van der Waals surface area contributed by atoms with Gasteiger partial charge in [0.05, 0.1) is 0 Å². The van der Waals surface area contributed by atoms with E-state index in [4.69, 9.17) is 0 Å². The summed E-state index contributed by atoms with van der Waals surface area (Å²) >= 11 is 0. The highest BCUT2D eigenvalue weighted by Crippen LogP contribution is 2.39. The molecule has 88 valence electrons. The smallest absolute Gasteiger partial charge is 0.0216 e. The van der Waals surface area contributed by atoms with Crippen LogP contribution in [0.3, 0.4) is 0 Å². The average Bonchev–Trinajstić information content (AvgIpc) is 2.25. The van der Waals surface area contributed by atoms with Crippen molar-refractivity contribution in [1.82, 2.24) is 0 Å². The van der Waals surface area contributed by atoms with Crippen molar-refractivity contribution in [2.24, 2.45) is 11.8 Å². The number of benzene rings is 1. The van der Waals surface area contributed by atoms with E-state index in [1.807, 2.05) is 0 Å². The van der Waals surface area contributed by atoms with Gasteiger partial charge < -0.3 is 0 Å². The summed E-state index contributed by atoms with van der Waals surface area (Å²) in [7, 11) is 0. The Morgan fingerprint density at radius 1 is 1.12 bits per heavy atom. The molecule has 0 saturated heterocycles. The zero-order valence-electron chi connectivity index (χ0n) is 10.9. The van der Waals surface area contributed by atoms with Gasteiger partial charge in [-0.2, -0.15) is 0 Å². The summed E-state index contributed by atoms with van der Waals surface area (Å²) < 4.78 is 0. The summed E-state index contributed by atoms with van der Waals surface area (Å²) in [6, 6.07) is 9.01. The highest BCUT2D eigenvalue weighted by Gasteiger charge is 2.29. The van der Waals surface area contributed by atoms with E-state index >= 15 is 0 Å². The fraction of sp³-hybridized carbons (Fsp3) is 0.625. The van der Waals surface area contributed by atoms with Gasteiger partial charge in [0.2, 0.25) is 0 Å². The summed E-state index contributed by atoms with van der Waals surface area (Å²) in [6.07, 6.45) is 5.59. The van der Waals surface area contributed by atoms with E-state index in [-0.39, 0.29) is 0 Å². The molecule has 0 heterocycles. The first-order valence-electron chi connectivity index (χ1n) is 6.80. The molecule has 0 aliphatic heterocycles. The molecule has 1 aliphatic rings. The van der Waals surface area contributed by atoms with E-state index in [9.17, 15) is 0 Å². The number of rotatable bonds is 4. The van der Waals surface area contributed by atoms with Crippen molar-refractivity contribution < 1.29 is 0 Å². The predicted octanol–water partition coefficient (Wildman–Crippen LogP) is 4.79. The Morgan fingerprint density at radius 2 is 1.81 bits per heavy atom. The molecular formula is C16H24. The topological polar surface area (TPSA) is 0 Å². The normalized spacial score (nSPS) is 24.5. The molecular weight excluding hydrogens is 192 g/mol. The van der Waals surface area contributed by atoms with E-state index in [1.165, 1.54) is 25.7 Å². The van der Waals surface area contributed by atoms with Gasteiger partial charge in [-0.05, 0) is 48.1 Å². The molecule has 0 heteroatoms.